The minimum Gasteiger partial charge on any atom is -0.491 e. The molecule has 4 amide bonds. The van der Waals surface area contributed by atoms with Crippen LogP contribution in [0.4, 0.5) is 10.1 Å². The van der Waals surface area contributed by atoms with Gasteiger partial charge in [-0.1, -0.05) is 35.4 Å². The normalized spacial score (nSPS) is 29.0. The van der Waals surface area contributed by atoms with E-state index in [9.17, 15) is 28.4 Å². The Morgan fingerprint density at radius 1 is 1.07 bits per heavy atom. The van der Waals surface area contributed by atoms with Gasteiger partial charge in [-0.3, -0.25) is 28.9 Å². The molecule has 2 aromatic carbocycles. The first-order valence-electron chi connectivity index (χ1n) is 14.9. The monoisotopic (exact) mass is 638 g/mol. The minimum atomic E-state index is -1.28. The van der Waals surface area contributed by atoms with Gasteiger partial charge in [0.05, 0.1) is 40.5 Å². The Balaban J connectivity index is 1.43. The van der Waals surface area contributed by atoms with Crippen molar-refractivity contribution >= 4 is 46.9 Å². The van der Waals surface area contributed by atoms with Gasteiger partial charge in [-0.2, -0.15) is 0 Å². The number of carbonyl (C=O) groups excluding carboxylic acids is 4. The second kappa shape index (κ2) is 11.7. The number of carboxylic acid groups (broad SMARTS) is 1. The summed E-state index contributed by atoms with van der Waals surface area (Å²) >= 11 is 6.04. The molecule has 2 aromatic rings. The number of aliphatic carboxylic acids is 1. The van der Waals surface area contributed by atoms with E-state index in [4.69, 9.17) is 26.6 Å². The van der Waals surface area contributed by atoms with Crippen molar-refractivity contribution in [1.29, 1.82) is 0 Å². The first kappa shape index (κ1) is 30.9. The van der Waals surface area contributed by atoms with Crippen molar-refractivity contribution in [3.8, 4) is 5.75 Å². The van der Waals surface area contributed by atoms with E-state index < -0.39 is 58.6 Å². The van der Waals surface area contributed by atoms with Crippen LogP contribution in [-0.2, 0) is 24.0 Å². The fourth-order valence-electron chi connectivity index (χ4n) is 7.86. The van der Waals surface area contributed by atoms with Gasteiger partial charge < -0.3 is 14.9 Å². The summed E-state index contributed by atoms with van der Waals surface area (Å²) in [5, 5.41) is 18.0. The number of benzene rings is 2. The van der Waals surface area contributed by atoms with Crippen LogP contribution in [0.2, 0.25) is 5.02 Å². The average molecular weight is 639 g/mol. The van der Waals surface area contributed by atoms with Crippen molar-refractivity contribution in [3.05, 3.63) is 70.5 Å². The Morgan fingerprint density at radius 2 is 1.80 bits per heavy atom. The molecule has 0 aromatic heterocycles. The van der Waals surface area contributed by atoms with Gasteiger partial charge in [0.15, 0.2) is 0 Å². The highest BCUT2D eigenvalue weighted by molar-refractivity contribution is 6.31. The van der Waals surface area contributed by atoms with E-state index in [1.54, 1.807) is 31.2 Å². The summed E-state index contributed by atoms with van der Waals surface area (Å²) < 4.78 is 19.6. The lowest BCUT2D eigenvalue weighted by Crippen LogP contribution is -2.48. The average Bonchev–Trinajstić information content (AvgIpc) is 3.37. The molecule has 10 nitrogen and oxygen atoms in total. The molecule has 2 N–H and O–H groups in total. The molecule has 45 heavy (non-hydrogen) atoms. The second-order valence-corrected chi connectivity index (χ2v) is 12.6. The summed E-state index contributed by atoms with van der Waals surface area (Å²) in [7, 11) is 0. The predicted octanol–water partition coefficient (Wildman–Crippen LogP) is 3.95. The van der Waals surface area contributed by atoms with E-state index in [2.05, 4.69) is 0 Å². The number of allylic oxidation sites excluding steroid dienone is 2. The number of rotatable bonds is 9. The van der Waals surface area contributed by atoms with Gasteiger partial charge in [0.1, 0.15) is 18.2 Å². The quantitative estimate of drug-likeness (QED) is 0.311. The SMILES string of the molecule is CC12C(=O)N(c3ccc(F)c(Cl)c3)C(=O)C1CC1C(=CCC3C(=O)N(CCCC(=O)O)C(=O)C31)C2c1ccc(OCCO)cc1. The summed E-state index contributed by atoms with van der Waals surface area (Å²) in [5.41, 5.74) is 0.370. The van der Waals surface area contributed by atoms with E-state index in [-0.39, 0.29) is 68.0 Å². The Bertz CT molecular complexity index is 1630. The van der Waals surface area contributed by atoms with Gasteiger partial charge >= 0.3 is 5.97 Å². The highest BCUT2D eigenvalue weighted by atomic mass is 35.5. The van der Waals surface area contributed by atoms with Crippen LogP contribution < -0.4 is 9.64 Å². The fourth-order valence-corrected chi connectivity index (χ4v) is 8.03. The maximum absolute atomic E-state index is 14.4. The molecule has 1 saturated carbocycles. The molecule has 4 aliphatic rings. The summed E-state index contributed by atoms with van der Waals surface area (Å²) in [6.45, 7) is 1.67. The lowest BCUT2D eigenvalue weighted by atomic mass is 9.51. The number of anilines is 1. The summed E-state index contributed by atoms with van der Waals surface area (Å²) in [6.07, 6.45) is 2.29. The van der Waals surface area contributed by atoms with Gasteiger partial charge in [0.25, 0.3) is 0 Å². The number of halogens is 2. The maximum Gasteiger partial charge on any atom is 0.303 e. The molecule has 236 valence electrons. The zero-order chi connectivity index (χ0) is 32.2. The fraction of sp³-hybridized carbons (Fsp3) is 0.424. The minimum absolute atomic E-state index is 0.00455. The van der Waals surface area contributed by atoms with Crippen molar-refractivity contribution in [3.63, 3.8) is 0 Å². The molecule has 3 fully saturated rings. The Morgan fingerprint density at radius 3 is 2.47 bits per heavy atom. The molecule has 6 unspecified atom stereocenters. The number of carbonyl (C=O) groups is 5. The summed E-state index contributed by atoms with van der Waals surface area (Å²) in [6, 6.07) is 10.7. The highest BCUT2D eigenvalue weighted by Gasteiger charge is 2.67. The lowest BCUT2D eigenvalue weighted by Gasteiger charge is -2.49. The number of carboxylic acids is 1. The smallest absolute Gasteiger partial charge is 0.303 e. The third-order valence-corrected chi connectivity index (χ3v) is 10.2. The van der Waals surface area contributed by atoms with E-state index in [1.807, 2.05) is 6.08 Å². The summed E-state index contributed by atoms with van der Waals surface area (Å²) in [5.74, 6) is -6.34. The van der Waals surface area contributed by atoms with Crippen molar-refractivity contribution in [1.82, 2.24) is 4.90 Å². The van der Waals surface area contributed by atoms with E-state index in [1.165, 1.54) is 12.1 Å². The predicted molar refractivity (Wildman–Crippen MR) is 159 cm³/mol. The Labute approximate surface area is 263 Å². The number of imide groups is 2. The first-order chi connectivity index (χ1) is 21.5. The first-order valence-corrected chi connectivity index (χ1v) is 15.3. The maximum atomic E-state index is 14.4. The number of aliphatic hydroxyl groups is 1. The number of amides is 4. The molecule has 0 spiro atoms. The number of hydrogen-bond acceptors (Lipinski definition) is 7. The van der Waals surface area contributed by atoms with Crippen LogP contribution in [0.25, 0.3) is 0 Å². The Hall–Kier alpha value is -4.09. The van der Waals surface area contributed by atoms with Crippen LogP contribution in [0.1, 0.15) is 44.1 Å². The number of nitrogens with zero attached hydrogens (tertiary/aromatic N) is 2. The van der Waals surface area contributed by atoms with Crippen molar-refractivity contribution < 1.29 is 43.3 Å². The molecule has 6 rings (SSSR count). The van der Waals surface area contributed by atoms with E-state index >= 15 is 0 Å². The van der Waals surface area contributed by atoms with Crippen LogP contribution in [0.15, 0.2) is 54.1 Å². The van der Waals surface area contributed by atoms with Gasteiger partial charge in [0, 0.05) is 18.9 Å². The van der Waals surface area contributed by atoms with E-state index in [0.29, 0.717) is 11.3 Å². The number of hydrogen-bond donors (Lipinski definition) is 2. The molecule has 2 aliphatic carbocycles. The largest absolute Gasteiger partial charge is 0.491 e. The lowest BCUT2D eigenvalue weighted by molar-refractivity contribution is -0.142. The third kappa shape index (κ3) is 4.93. The van der Waals surface area contributed by atoms with Crippen LogP contribution in [0.5, 0.6) is 5.75 Å². The number of aliphatic hydroxyl groups excluding tert-OH is 1. The molecule has 6 atom stereocenters. The van der Waals surface area contributed by atoms with Gasteiger partial charge in [-0.25, -0.2) is 9.29 Å². The molecule has 2 aliphatic heterocycles. The number of ether oxygens (including phenoxy) is 1. The molecule has 2 heterocycles. The second-order valence-electron chi connectivity index (χ2n) is 12.2. The van der Waals surface area contributed by atoms with Crippen LogP contribution in [-0.4, -0.2) is 64.5 Å². The van der Waals surface area contributed by atoms with Gasteiger partial charge in [0.2, 0.25) is 23.6 Å². The standard InChI is InChI=1S/C33H32ClFN2O8/c1-33-23(30(42)37(32(33)44)18-6-11-25(35)24(34)15-18)16-22-20(28(33)17-4-7-19(8-5-17)45-14-13-38)9-10-21-27(22)31(43)36(29(21)41)12-2-3-26(39)40/h4-9,11,15,21-23,27-28,38H,2-3,10,12-14,16H2,1H3,(H,39,40). The number of likely N-dealkylation sites (tertiary alicyclic amines) is 1. The Kier molecular flexibility index (Phi) is 8.03. The third-order valence-electron chi connectivity index (χ3n) is 9.87. The zero-order valence-electron chi connectivity index (χ0n) is 24.4. The number of fused-ring (bicyclic) bond motifs is 4. The highest BCUT2D eigenvalue weighted by Crippen LogP contribution is 2.63. The molecule has 0 radical (unpaired) electrons. The summed E-state index contributed by atoms with van der Waals surface area (Å²) in [4.78, 5) is 69.1. The van der Waals surface area contributed by atoms with Gasteiger partial charge in [-0.05, 0) is 68.0 Å². The van der Waals surface area contributed by atoms with E-state index in [0.717, 1.165) is 21.4 Å². The molecular formula is C33H32ClFN2O8. The van der Waals surface area contributed by atoms with Crippen LogP contribution in [0.3, 0.4) is 0 Å². The van der Waals surface area contributed by atoms with Crippen molar-refractivity contribution in [2.24, 2.45) is 29.1 Å². The molecule has 2 saturated heterocycles. The van der Waals surface area contributed by atoms with Crippen molar-refractivity contribution in [2.75, 3.05) is 24.7 Å². The van der Waals surface area contributed by atoms with Crippen molar-refractivity contribution in [2.45, 2.75) is 38.5 Å². The van der Waals surface area contributed by atoms with Gasteiger partial charge in [-0.15, -0.1) is 0 Å². The van der Waals surface area contributed by atoms with Crippen LogP contribution in [0, 0.1) is 34.9 Å². The zero-order valence-corrected chi connectivity index (χ0v) is 25.2. The topological polar surface area (TPSA) is 142 Å². The molecule has 0 bridgehead atoms. The molecular weight excluding hydrogens is 607 g/mol. The van der Waals surface area contributed by atoms with Crippen LogP contribution >= 0.6 is 11.6 Å². The molecule has 12 heteroatoms.